The van der Waals surface area contributed by atoms with Gasteiger partial charge in [-0.05, 0) is 68.2 Å². The SMILES string of the molecule is COc1ncc(-c2ccc(C(=O)O)cc2C)cc1-c1ccc(C(F)(F)F)nc1CNC1(C(O)C(C)C=C(C=C(C)C(F)(F)F)C(F)(F)F)CC1. The van der Waals surface area contributed by atoms with Crippen molar-refractivity contribution in [3.05, 3.63) is 88.4 Å². The van der Waals surface area contributed by atoms with Gasteiger partial charge in [0, 0.05) is 46.5 Å². The van der Waals surface area contributed by atoms with Gasteiger partial charge in [0.1, 0.15) is 5.69 Å². The number of pyridine rings is 2. The number of hydrogen-bond donors (Lipinski definition) is 3. The van der Waals surface area contributed by atoms with Gasteiger partial charge in [-0.15, -0.1) is 0 Å². The largest absolute Gasteiger partial charge is 0.481 e. The third kappa shape index (κ3) is 8.64. The third-order valence-corrected chi connectivity index (χ3v) is 8.43. The molecular formula is C34H32F9N3O4. The van der Waals surface area contributed by atoms with Gasteiger partial charge in [-0.3, -0.25) is 0 Å². The van der Waals surface area contributed by atoms with Gasteiger partial charge in [0.15, 0.2) is 0 Å². The summed E-state index contributed by atoms with van der Waals surface area (Å²) >= 11 is 0. The van der Waals surface area contributed by atoms with Gasteiger partial charge in [-0.1, -0.05) is 25.1 Å². The van der Waals surface area contributed by atoms with Crippen molar-refractivity contribution in [1.82, 2.24) is 15.3 Å². The number of carboxylic acid groups (broad SMARTS) is 1. The average molecular weight is 718 g/mol. The number of carboxylic acids is 1. The number of benzene rings is 1. The van der Waals surface area contributed by atoms with Crippen molar-refractivity contribution in [1.29, 1.82) is 0 Å². The van der Waals surface area contributed by atoms with Gasteiger partial charge < -0.3 is 20.3 Å². The molecule has 2 atom stereocenters. The molecule has 16 heteroatoms. The number of aryl methyl sites for hydroxylation is 1. The first-order chi connectivity index (χ1) is 23.1. The fourth-order valence-electron chi connectivity index (χ4n) is 5.50. The maximum Gasteiger partial charge on any atom is 0.433 e. The zero-order chi connectivity index (χ0) is 37.4. The Kier molecular flexibility index (Phi) is 10.8. The normalized spacial score (nSPS) is 16.6. The van der Waals surface area contributed by atoms with Crippen molar-refractivity contribution >= 4 is 5.97 Å². The summed E-state index contributed by atoms with van der Waals surface area (Å²) in [6.45, 7) is 2.94. The molecule has 1 aliphatic carbocycles. The predicted octanol–water partition coefficient (Wildman–Crippen LogP) is 8.46. The van der Waals surface area contributed by atoms with Gasteiger partial charge in [0.2, 0.25) is 5.88 Å². The molecule has 2 unspecified atom stereocenters. The number of aromatic carboxylic acids is 1. The molecule has 0 aliphatic heterocycles. The van der Waals surface area contributed by atoms with Crippen molar-refractivity contribution < 1.29 is 59.3 Å². The number of aliphatic hydroxyl groups excluding tert-OH is 1. The van der Waals surface area contributed by atoms with E-state index in [1.165, 1.54) is 32.4 Å². The summed E-state index contributed by atoms with van der Waals surface area (Å²) in [6.07, 6.45) is -14.3. The molecule has 3 N–H and O–H groups in total. The Morgan fingerprint density at radius 1 is 1.00 bits per heavy atom. The Morgan fingerprint density at radius 2 is 1.64 bits per heavy atom. The quantitative estimate of drug-likeness (QED) is 0.135. The van der Waals surface area contributed by atoms with Gasteiger partial charge in [-0.2, -0.15) is 39.5 Å². The molecule has 1 fully saturated rings. The van der Waals surface area contributed by atoms with E-state index in [-0.39, 0.29) is 47.2 Å². The molecule has 0 spiro atoms. The minimum Gasteiger partial charge on any atom is -0.481 e. The highest BCUT2D eigenvalue weighted by molar-refractivity contribution is 5.89. The van der Waals surface area contributed by atoms with E-state index in [2.05, 4.69) is 15.3 Å². The van der Waals surface area contributed by atoms with Crippen LogP contribution in [0.25, 0.3) is 22.3 Å². The first-order valence-corrected chi connectivity index (χ1v) is 15.0. The maximum atomic E-state index is 13.8. The lowest BCUT2D eigenvalue weighted by atomic mass is 9.92. The lowest BCUT2D eigenvalue weighted by Crippen LogP contribution is -2.45. The van der Waals surface area contributed by atoms with Crippen LogP contribution in [0.5, 0.6) is 5.88 Å². The minimum absolute atomic E-state index is 0.0122. The number of nitrogens with zero attached hydrogens (tertiary/aromatic N) is 2. The number of aliphatic hydroxyl groups is 1. The minimum atomic E-state index is -5.17. The van der Waals surface area contributed by atoms with Gasteiger partial charge in [-0.25, -0.2) is 14.8 Å². The standard InChI is InChI=1S/C34H32F9N3O4/c1-17-11-20(30(48)49)5-6-23(17)21-14-25(29(50-4)44-15-21)24-7-8-27(34(41,42)43)46-26(24)16-45-31(9-10-31)28(47)18(2)12-22(33(38,39)40)13-19(3)32(35,36)37/h5-8,11-15,18,28,45,47H,9-10,16H2,1-4H3,(H,48,49). The number of hydrogen-bond acceptors (Lipinski definition) is 6. The number of alkyl halides is 9. The number of rotatable bonds is 11. The molecule has 1 saturated carbocycles. The van der Waals surface area contributed by atoms with Crippen molar-refractivity contribution in [3.63, 3.8) is 0 Å². The van der Waals surface area contributed by atoms with Crippen LogP contribution >= 0.6 is 0 Å². The van der Waals surface area contributed by atoms with Gasteiger partial charge in [0.05, 0.1) is 30.0 Å². The molecule has 4 rings (SSSR count). The zero-order valence-electron chi connectivity index (χ0n) is 27.0. The number of methoxy groups -OCH3 is 1. The van der Waals surface area contributed by atoms with Crippen molar-refractivity contribution in [2.45, 2.75) is 70.3 Å². The Labute approximate surface area is 280 Å². The van der Waals surface area contributed by atoms with Crippen LogP contribution in [0.2, 0.25) is 0 Å². The molecule has 1 aliphatic rings. The molecule has 50 heavy (non-hydrogen) atoms. The van der Waals surface area contributed by atoms with Crippen LogP contribution in [0.4, 0.5) is 39.5 Å². The second-order valence-corrected chi connectivity index (χ2v) is 12.1. The number of allylic oxidation sites excluding steroid dienone is 3. The molecule has 2 aromatic heterocycles. The van der Waals surface area contributed by atoms with Crippen LogP contribution < -0.4 is 10.1 Å². The maximum absolute atomic E-state index is 13.8. The number of halogens is 9. The van der Waals surface area contributed by atoms with E-state index in [9.17, 15) is 54.5 Å². The number of nitrogens with one attached hydrogen (secondary N) is 1. The van der Waals surface area contributed by atoms with Gasteiger partial charge >= 0.3 is 24.5 Å². The molecule has 7 nitrogen and oxygen atoms in total. The van der Waals surface area contributed by atoms with Crippen LogP contribution in [0, 0.1) is 12.8 Å². The monoisotopic (exact) mass is 717 g/mol. The first-order valence-electron chi connectivity index (χ1n) is 15.0. The van der Waals surface area contributed by atoms with Crippen molar-refractivity contribution in [2.24, 2.45) is 5.92 Å². The average Bonchev–Trinajstić information content (AvgIpc) is 3.82. The number of carbonyl (C=O) groups is 1. The van der Waals surface area contributed by atoms with Crippen LogP contribution in [-0.2, 0) is 12.7 Å². The molecule has 0 radical (unpaired) electrons. The molecule has 1 aromatic carbocycles. The summed E-state index contributed by atoms with van der Waals surface area (Å²) in [7, 11) is 1.29. The molecule has 3 aromatic rings. The third-order valence-electron chi connectivity index (χ3n) is 8.43. The van der Waals surface area contributed by atoms with Crippen LogP contribution in [0.3, 0.4) is 0 Å². The smallest absolute Gasteiger partial charge is 0.433 e. The summed E-state index contributed by atoms with van der Waals surface area (Å²) in [5, 5.41) is 23.4. The highest BCUT2D eigenvalue weighted by Gasteiger charge is 2.50. The molecule has 0 bridgehead atoms. The Hall–Kier alpha value is -4.44. The first kappa shape index (κ1) is 38.4. The van der Waals surface area contributed by atoms with Crippen LogP contribution in [0.1, 0.15) is 54.0 Å². The van der Waals surface area contributed by atoms with E-state index in [1.54, 1.807) is 19.1 Å². The van der Waals surface area contributed by atoms with E-state index in [0.717, 1.165) is 12.1 Å². The molecule has 0 amide bonds. The molecule has 0 saturated heterocycles. The van der Waals surface area contributed by atoms with E-state index in [1.807, 2.05) is 0 Å². The molecular weight excluding hydrogens is 685 g/mol. The summed E-state index contributed by atoms with van der Waals surface area (Å²) in [5.74, 6) is -2.46. The topological polar surface area (TPSA) is 105 Å². The lowest BCUT2D eigenvalue weighted by Gasteiger charge is -2.28. The number of ether oxygens (including phenoxy) is 1. The Bertz CT molecular complexity index is 1810. The lowest BCUT2D eigenvalue weighted by molar-refractivity contribution is -0.141. The molecule has 2 heterocycles. The molecule has 270 valence electrons. The fourth-order valence-corrected chi connectivity index (χ4v) is 5.50. The Balaban J connectivity index is 1.72. The fraction of sp³-hybridized carbons (Fsp3) is 0.382. The van der Waals surface area contributed by atoms with Crippen LogP contribution in [-0.4, -0.2) is 57.3 Å². The summed E-state index contributed by atoms with van der Waals surface area (Å²) in [4.78, 5) is 19.5. The second kappa shape index (κ2) is 14.1. The summed E-state index contributed by atoms with van der Waals surface area (Å²) < 4.78 is 127. The van der Waals surface area contributed by atoms with E-state index in [0.29, 0.717) is 29.7 Å². The number of aromatic nitrogens is 2. The highest BCUT2D eigenvalue weighted by Crippen LogP contribution is 2.44. The van der Waals surface area contributed by atoms with E-state index in [4.69, 9.17) is 4.74 Å². The summed E-state index contributed by atoms with van der Waals surface area (Å²) in [5.41, 5.74) is -3.79. The predicted molar refractivity (Wildman–Crippen MR) is 164 cm³/mol. The van der Waals surface area contributed by atoms with E-state index < -0.39 is 65.4 Å². The van der Waals surface area contributed by atoms with Crippen LogP contribution in [0.15, 0.2) is 65.9 Å². The van der Waals surface area contributed by atoms with E-state index >= 15 is 0 Å². The highest BCUT2D eigenvalue weighted by atomic mass is 19.4. The van der Waals surface area contributed by atoms with Crippen molar-refractivity contribution in [2.75, 3.05) is 7.11 Å². The zero-order valence-corrected chi connectivity index (χ0v) is 27.0. The Morgan fingerprint density at radius 3 is 2.16 bits per heavy atom. The van der Waals surface area contributed by atoms with Gasteiger partial charge in [0.25, 0.3) is 0 Å². The second-order valence-electron chi connectivity index (χ2n) is 12.1. The summed E-state index contributed by atoms with van der Waals surface area (Å²) in [6, 6.07) is 7.86. The van der Waals surface area contributed by atoms with Crippen molar-refractivity contribution in [3.8, 4) is 28.1 Å².